The summed E-state index contributed by atoms with van der Waals surface area (Å²) in [6.45, 7) is 0. The van der Waals surface area contributed by atoms with E-state index in [1.165, 1.54) is 23.1 Å². The third kappa shape index (κ3) is 2.67. The second-order valence-corrected chi connectivity index (χ2v) is 4.67. The summed E-state index contributed by atoms with van der Waals surface area (Å²) < 4.78 is 13.7. The average Bonchev–Trinajstić information content (AvgIpc) is 2.46. The van der Waals surface area contributed by atoms with E-state index in [2.05, 4.69) is 0 Å². The van der Waals surface area contributed by atoms with Gasteiger partial charge in [0.15, 0.2) is 0 Å². The van der Waals surface area contributed by atoms with Crippen molar-refractivity contribution in [1.29, 1.82) is 0 Å². The minimum absolute atomic E-state index is 0.00717. The maximum atomic E-state index is 13.7. The van der Waals surface area contributed by atoms with E-state index in [0.717, 1.165) is 0 Å². The van der Waals surface area contributed by atoms with Crippen molar-refractivity contribution >= 4 is 28.8 Å². The first-order chi connectivity index (χ1) is 9.52. The smallest absolute Gasteiger partial charge is 0.261 e. The van der Waals surface area contributed by atoms with Crippen LogP contribution >= 0.6 is 12.2 Å². The van der Waals surface area contributed by atoms with Gasteiger partial charge in [0.2, 0.25) is 0 Å². The Morgan fingerprint density at radius 1 is 1.10 bits per heavy atom. The monoisotopic (exact) mass is 288 g/mol. The van der Waals surface area contributed by atoms with E-state index in [-0.39, 0.29) is 10.6 Å². The first-order valence-corrected chi connectivity index (χ1v) is 6.34. The van der Waals surface area contributed by atoms with Crippen molar-refractivity contribution in [2.75, 3.05) is 11.9 Å². The summed E-state index contributed by atoms with van der Waals surface area (Å²) in [4.78, 5) is 13.9. The average molecular weight is 288 g/mol. The van der Waals surface area contributed by atoms with Gasteiger partial charge >= 0.3 is 0 Å². The van der Waals surface area contributed by atoms with E-state index in [0.29, 0.717) is 11.3 Å². The molecule has 5 heteroatoms. The Morgan fingerprint density at radius 3 is 2.25 bits per heavy atom. The molecule has 20 heavy (non-hydrogen) atoms. The molecule has 2 aromatic rings. The lowest BCUT2D eigenvalue weighted by molar-refractivity contribution is 0.0989. The highest BCUT2D eigenvalue weighted by molar-refractivity contribution is 7.80. The van der Waals surface area contributed by atoms with Crippen LogP contribution in [0, 0.1) is 5.82 Å². The molecule has 0 unspecified atom stereocenters. The van der Waals surface area contributed by atoms with E-state index >= 15 is 0 Å². The lowest BCUT2D eigenvalue weighted by Crippen LogP contribution is -2.29. The Morgan fingerprint density at radius 2 is 1.65 bits per heavy atom. The predicted molar refractivity (Wildman–Crippen MR) is 81.5 cm³/mol. The molecule has 0 atom stereocenters. The van der Waals surface area contributed by atoms with Crippen LogP contribution in [0.2, 0.25) is 0 Å². The molecule has 0 bridgehead atoms. The standard InChI is InChI=1S/C15H13FN2OS/c1-18(13-9-5-3-7-11(13)14(17)20)15(19)10-6-2-4-8-12(10)16/h2-9H,1H3,(H2,17,20). The zero-order chi connectivity index (χ0) is 14.7. The highest BCUT2D eigenvalue weighted by atomic mass is 32.1. The number of carbonyl (C=O) groups excluding carboxylic acids is 1. The summed E-state index contributed by atoms with van der Waals surface area (Å²) in [5.41, 5.74) is 6.78. The maximum absolute atomic E-state index is 13.7. The van der Waals surface area contributed by atoms with E-state index in [4.69, 9.17) is 18.0 Å². The summed E-state index contributed by atoms with van der Waals surface area (Å²) in [5.74, 6) is -1.01. The summed E-state index contributed by atoms with van der Waals surface area (Å²) in [6, 6.07) is 12.8. The lowest BCUT2D eigenvalue weighted by Gasteiger charge is -2.20. The zero-order valence-corrected chi connectivity index (χ0v) is 11.7. The van der Waals surface area contributed by atoms with E-state index in [1.54, 1.807) is 37.4 Å². The van der Waals surface area contributed by atoms with Gasteiger partial charge in [-0.15, -0.1) is 0 Å². The van der Waals surface area contributed by atoms with Gasteiger partial charge in [0, 0.05) is 12.6 Å². The molecule has 102 valence electrons. The van der Waals surface area contributed by atoms with Gasteiger partial charge in [-0.25, -0.2) is 4.39 Å². The number of carbonyl (C=O) groups is 1. The molecular weight excluding hydrogens is 275 g/mol. The molecular formula is C15H13FN2OS. The van der Waals surface area contributed by atoms with E-state index in [9.17, 15) is 9.18 Å². The molecule has 3 nitrogen and oxygen atoms in total. The fourth-order valence-corrected chi connectivity index (χ4v) is 2.07. The number of thiocarbonyl (C=S) groups is 1. The lowest BCUT2D eigenvalue weighted by atomic mass is 10.1. The van der Waals surface area contributed by atoms with Crippen LogP contribution in [0.15, 0.2) is 48.5 Å². The molecule has 0 saturated carbocycles. The Balaban J connectivity index is 2.42. The van der Waals surface area contributed by atoms with Crippen LogP contribution in [0.25, 0.3) is 0 Å². The Hall–Kier alpha value is -2.27. The van der Waals surface area contributed by atoms with Crippen LogP contribution in [0.3, 0.4) is 0 Å². The molecule has 0 spiro atoms. The van der Waals surface area contributed by atoms with Crippen molar-refractivity contribution in [2.45, 2.75) is 0 Å². The fraction of sp³-hybridized carbons (Fsp3) is 0.0667. The number of benzene rings is 2. The van der Waals surface area contributed by atoms with Crippen LogP contribution in [-0.4, -0.2) is 17.9 Å². The van der Waals surface area contributed by atoms with Gasteiger partial charge in [-0.1, -0.05) is 36.5 Å². The summed E-state index contributed by atoms with van der Waals surface area (Å²) in [7, 11) is 1.56. The molecule has 2 aromatic carbocycles. The highest BCUT2D eigenvalue weighted by Gasteiger charge is 2.19. The SMILES string of the molecule is CN(C(=O)c1ccccc1F)c1ccccc1C(N)=S. The molecule has 0 aliphatic carbocycles. The molecule has 0 radical (unpaired) electrons. The van der Waals surface area contributed by atoms with Gasteiger partial charge in [-0.2, -0.15) is 0 Å². The zero-order valence-electron chi connectivity index (χ0n) is 10.8. The minimum atomic E-state index is -0.558. The van der Waals surface area contributed by atoms with Crippen LogP contribution < -0.4 is 10.6 Å². The second kappa shape index (κ2) is 5.79. The van der Waals surface area contributed by atoms with Gasteiger partial charge in [-0.05, 0) is 24.3 Å². The number of amides is 1. The first kappa shape index (κ1) is 14.1. The molecule has 0 fully saturated rings. The van der Waals surface area contributed by atoms with E-state index < -0.39 is 11.7 Å². The van der Waals surface area contributed by atoms with Gasteiger partial charge in [-0.3, -0.25) is 4.79 Å². The number of rotatable bonds is 3. The molecule has 2 rings (SSSR count). The van der Waals surface area contributed by atoms with Crippen molar-refractivity contribution in [3.05, 3.63) is 65.5 Å². The minimum Gasteiger partial charge on any atom is -0.389 e. The number of nitrogens with zero attached hydrogens (tertiary/aromatic N) is 1. The quantitative estimate of drug-likeness (QED) is 0.883. The molecule has 0 aromatic heterocycles. The second-order valence-electron chi connectivity index (χ2n) is 4.23. The third-order valence-electron chi connectivity index (χ3n) is 2.94. The molecule has 2 N–H and O–H groups in total. The van der Waals surface area contributed by atoms with Crippen LogP contribution in [0.4, 0.5) is 10.1 Å². The molecule has 0 heterocycles. The maximum Gasteiger partial charge on any atom is 0.261 e. The fourth-order valence-electron chi connectivity index (χ4n) is 1.90. The number of hydrogen-bond donors (Lipinski definition) is 1. The third-order valence-corrected chi connectivity index (χ3v) is 3.16. The number of anilines is 1. The van der Waals surface area contributed by atoms with Gasteiger partial charge in [0.25, 0.3) is 5.91 Å². The number of nitrogens with two attached hydrogens (primary N) is 1. The normalized spacial score (nSPS) is 10.1. The molecule has 0 saturated heterocycles. The Kier molecular flexibility index (Phi) is 4.10. The van der Waals surface area contributed by atoms with Crippen molar-refractivity contribution in [2.24, 2.45) is 5.73 Å². The van der Waals surface area contributed by atoms with Crippen molar-refractivity contribution in [3.63, 3.8) is 0 Å². The van der Waals surface area contributed by atoms with Gasteiger partial charge in [0.05, 0.1) is 11.3 Å². The summed E-state index contributed by atoms with van der Waals surface area (Å²) in [5, 5.41) is 0. The van der Waals surface area contributed by atoms with Crippen LogP contribution in [-0.2, 0) is 0 Å². The number of hydrogen-bond acceptors (Lipinski definition) is 2. The Bertz CT molecular complexity index is 672. The van der Waals surface area contributed by atoms with Gasteiger partial charge in [0.1, 0.15) is 10.8 Å². The van der Waals surface area contributed by atoms with Crippen molar-refractivity contribution in [1.82, 2.24) is 0 Å². The highest BCUT2D eigenvalue weighted by Crippen LogP contribution is 2.21. The molecule has 1 amide bonds. The molecule has 0 aliphatic heterocycles. The Labute approximate surface area is 121 Å². The molecule has 0 aliphatic rings. The first-order valence-electron chi connectivity index (χ1n) is 5.94. The van der Waals surface area contributed by atoms with E-state index in [1.807, 2.05) is 0 Å². The largest absolute Gasteiger partial charge is 0.389 e. The number of halogens is 1. The predicted octanol–water partition coefficient (Wildman–Crippen LogP) is 2.74. The summed E-state index contributed by atoms with van der Waals surface area (Å²) >= 11 is 4.96. The van der Waals surface area contributed by atoms with Crippen LogP contribution in [0.5, 0.6) is 0 Å². The van der Waals surface area contributed by atoms with Gasteiger partial charge < -0.3 is 10.6 Å². The summed E-state index contributed by atoms with van der Waals surface area (Å²) in [6.07, 6.45) is 0. The number of para-hydroxylation sites is 1. The van der Waals surface area contributed by atoms with Crippen molar-refractivity contribution < 1.29 is 9.18 Å². The van der Waals surface area contributed by atoms with Crippen molar-refractivity contribution in [3.8, 4) is 0 Å². The topological polar surface area (TPSA) is 46.3 Å². The van der Waals surface area contributed by atoms with Crippen LogP contribution in [0.1, 0.15) is 15.9 Å².